The predicted molar refractivity (Wildman–Crippen MR) is 108 cm³/mol. The van der Waals surface area contributed by atoms with E-state index in [0.29, 0.717) is 17.8 Å². The van der Waals surface area contributed by atoms with Crippen molar-refractivity contribution >= 4 is 17.1 Å². The molecule has 1 aromatic carbocycles. The summed E-state index contributed by atoms with van der Waals surface area (Å²) >= 11 is 6.17. The number of aliphatic hydroxyl groups excluding tert-OH is 1. The SMILES string of the molecule is O[C@H](c1c(C2CC2)ccn2cncc12)[C@H]1CC[C@H](c2cccc(Cl)c2)CC1. The zero-order valence-corrected chi connectivity index (χ0v) is 16.1. The third kappa shape index (κ3) is 3.28. The molecule has 2 heterocycles. The van der Waals surface area contributed by atoms with Crippen molar-refractivity contribution in [3.63, 3.8) is 0 Å². The van der Waals surface area contributed by atoms with Gasteiger partial charge in [0.2, 0.25) is 0 Å². The highest BCUT2D eigenvalue weighted by molar-refractivity contribution is 6.30. The molecule has 2 saturated carbocycles. The summed E-state index contributed by atoms with van der Waals surface area (Å²) in [6.07, 6.45) is 12.2. The normalized spacial score (nSPS) is 24.2. The van der Waals surface area contributed by atoms with E-state index in [-0.39, 0.29) is 0 Å². The van der Waals surface area contributed by atoms with Gasteiger partial charge in [-0.3, -0.25) is 0 Å². The minimum absolute atomic E-state index is 0.319. The molecule has 4 heteroatoms. The second-order valence-corrected chi connectivity index (χ2v) is 8.69. The van der Waals surface area contributed by atoms with Crippen molar-refractivity contribution in [1.29, 1.82) is 0 Å². The van der Waals surface area contributed by atoms with Crippen LogP contribution in [0.1, 0.15) is 73.2 Å². The molecule has 2 aliphatic carbocycles. The maximum absolute atomic E-state index is 11.4. The summed E-state index contributed by atoms with van der Waals surface area (Å²) in [6, 6.07) is 10.5. The zero-order chi connectivity index (χ0) is 18.4. The van der Waals surface area contributed by atoms with E-state index in [2.05, 4.69) is 29.4 Å². The molecule has 3 aromatic rings. The first-order chi connectivity index (χ1) is 13.2. The Morgan fingerprint density at radius 3 is 2.56 bits per heavy atom. The fourth-order valence-electron chi connectivity index (χ4n) is 4.87. The van der Waals surface area contributed by atoms with E-state index in [1.165, 1.54) is 24.0 Å². The highest BCUT2D eigenvalue weighted by atomic mass is 35.5. The van der Waals surface area contributed by atoms with E-state index in [1.807, 2.05) is 29.1 Å². The van der Waals surface area contributed by atoms with E-state index in [0.717, 1.165) is 41.8 Å². The highest BCUT2D eigenvalue weighted by Crippen LogP contribution is 2.48. The first kappa shape index (κ1) is 17.3. The molecule has 5 rings (SSSR count). The first-order valence-corrected chi connectivity index (χ1v) is 10.5. The van der Waals surface area contributed by atoms with E-state index in [9.17, 15) is 5.11 Å². The van der Waals surface area contributed by atoms with Gasteiger partial charge in [-0.25, -0.2) is 4.98 Å². The van der Waals surface area contributed by atoms with Gasteiger partial charge in [-0.15, -0.1) is 0 Å². The van der Waals surface area contributed by atoms with Gasteiger partial charge >= 0.3 is 0 Å². The van der Waals surface area contributed by atoms with Crippen molar-refractivity contribution in [2.24, 2.45) is 5.92 Å². The maximum Gasteiger partial charge on any atom is 0.0992 e. The zero-order valence-electron chi connectivity index (χ0n) is 15.4. The number of benzene rings is 1. The van der Waals surface area contributed by atoms with Crippen LogP contribution in [0, 0.1) is 5.92 Å². The summed E-state index contributed by atoms with van der Waals surface area (Å²) in [4.78, 5) is 4.31. The minimum atomic E-state index is -0.402. The van der Waals surface area contributed by atoms with Crippen molar-refractivity contribution in [1.82, 2.24) is 9.38 Å². The van der Waals surface area contributed by atoms with E-state index in [1.54, 1.807) is 0 Å². The van der Waals surface area contributed by atoms with Crippen LogP contribution in [0.25, 0.3) is 5.52 Å². The van der Waals surface area contributed by atoms with E-state index in [4.69, 9.17) is 11.6 Å². The van der Waals surface area contributed by atoms with Crippen molar-refractivity contribution in [2.75, 3.05) is 0 Å². The standard InChI is InChI=1S/C23H25ClN2O/c24-19-3-1-2-18(12-19)15-4-8-17(9-5-15)23(27)22-20(16-6-7-16)10-11-26-14-25-13-21(22)26/h1-3,10-17,23,27H,4-9H2/t15-,17-,23-/m0/s1. The molecule has 2 aliphatic rings. The van der Waals surface area contributed by atoms with Crippen LogP contribution in [-0.2, 0) is 0 Å². The van der Waals surface area contributed by atoms with Crippen molar-refractivity contribution in [2.45, 2.75) is 56.5 Å². The van der Waals surface area contributed by atoms with Crippen LogP contribution >= 0.6 is 11.6 Å². The van der Waals surface area contributed by atoms with Crippen LogP contribution in [0.2, 0.25) is 5.02 Å². The average Bonchev–Trinajstić information content (AvgIpc) is 3.43. The summed E-state index contributed by atoms with van der Waals surface area (Å²) in [7, 11) is 0. The van der Waals surface area contributed by atoms with Gasteiger partial charge in [-0.05, 0) is 85.6 Å². The molecule has 0 saturated heterocycles. The minimum Gasteiger partial charge on any atom is -0.388 e. The average molecular weight is 381 g/mol. The van der Waals surface area contributed by atoms with Crippen LogP contribution in [0.15, 0.2) is 49.1 Å². The number of rotatable bonds is 4. The van der Waals surface area contributed by atoms with Gasteiger partial charge in [0, 0.05) is 16.8 Å². The lowest BCUT2D eigenvalue weighted by atomic mass is 9.75. The molecule has 2 fully saturated rings. The van der Waals surface area contributed by atoms with Gasteiger partial charge in [0.05, 0.1) is 24.1 Å². The van der Waals surface area contributed by atoms with Gasteiger partial charge in [0.15, 0.2) is 0 Å². The largest absolute Gasteiger partial charge is 0.388 e. The van der Waals surface area contributed by atoms with Crippen LogP contribution in [0.5, 0.6) is 0 Å². The number of halogens is 1. The first-order valence-electron chi connectivity index (χ1n) is 10.1. The Balaban J connectivity index is 1.38. The van der Waals surface area contributed by atoms with Crippen LogP contribution < -0.4 is 0 Å². The monoisotopic (exact) mass is 380 g/mol. The lowest BCUT2D eigenvalue weighted by Crippen LogP contribution is -2.21. The smallest absolute Gasteiger partial charge is 0.0992 e. The van der Waals surface area contributed by atoms with Crippen molar-refractivity contribution in [3.05, 3.63) is 70.8 Å². The number of pyridine rings is 1. The van der Waals surface area contributed by atoms with Crippen LogP contribution in [0.3, 0.4) is 0 Å². The molecule has 0 radical (unpaired) electrons. The number of hydrogen-bond donors (Lipinski definition) is 1. The number of imidazole rings is 1. The molecule has 3 nitrogen and oxygen atoms in total. The van der Waals surface area contributed by atoms with Gasteiger partial charge in [-0.1, -0.05) is 23.7 Å². The molecule has 140 valence electrons. The van der Waals surface area contributed by atoms with Gasteiger partial charge in [0.25, 0.3) is 0 Å². The lowest BCUT2D eigenvalue weighted by molar-refractivity contribution is 0.0810. The van der Waals surface area contributed by atoms with Crippen molar-refractivity contribution < 1.29 is 5.11 Å². The molecular formula is C23H25ClN2O. The molecule has 0 bridgehead atoms. The quantitative estimate of drug-likeness (QED) is 0.614. The number of fused-ring (bicyclic) bond motifs is 1. The summed E-state index contributed by atoms with van der Waals surface area (Å²) in [6.45, 7) is 0. The molecule has 1 N–H and O–H groups in total. The highest BCUT2D eigenvalue weighted by Gasteiger charge is 2.34. The van der Waals surface area contributed by atoms with E-state index >= 15 is 0 Å². The molecule has 0 amide bonds. The lowest BCUT2D eigenvalue weighted by Gasteiger charge is -2.33. The summed E-state index contributed by atoms with van der Waals surface area (Å²) in [5.41, 5.74) is 4.88. The molecular weight excluding hydrogens is 356 g/mol. The number of hydrogen-bond acceptors (Lipinski definition) is 2. The van der Waals surface area contributed by atoms with E-state index < -0.39 is 6.10 Å². The van der Waals surface area contributed by atoms with Gasteiger partial charge in [-0.2, -0.15) is 0 Å². The summed E-state index contributed by atoms with van der Waals surface area (Å²) in [5, 5.41) is 12.2. The van der Waals surface area contributed by atoms with Gasteiger partial charge < -0.3 is 9.51 Å². The fraction of sp³-hybridized carbons (Fsp3) is 0.435. The second kappa shape index (κ2) is 6.96. The molecule has 1 atom stereocenters. The maximum atomic E-state index is 11.4. The summed E-state index contributed by atoms with van der Waals surface area (Å²) < 4.78 is 2.04. The number of nitrogens with zero attached hydrogens (tertiary/aromatic N) is 2. The molecule has 0 spiro atoms. The Morgan fingerprint density at radius 1 is 1.04 bits per heavy atom. The Labute approximate surface area is 165 Å². The Kier molecular flexibility index (Phi) is 4.45. The molecule has 2 aromatic heterocycles. The number of aromatic nitrogens is 2. The molecule has 27 heavy (non-hydrogen) atoms. The predicted octanol–water partition coefficient (Wildman–Crippen LogP) is 5.87. The topological polar surface area (TPSA) is 37.5 Å². The summed E-state index contributed by atoms with van der Waals surface area (Å²) in [5.74, 6) is 1.50. The Bertz CT molecular complexity index is 954. The Morgan fingerprint density at radius 2 is 1.81 bits per heavy atom. The molecule has 0 unspecified atom stereocenters. The van der Waals surface area contributed by atoms with Crippen molar-refractivity contribution in [3.8, 4) is 0 Å². The van der Waals surface area contributed by atoms with Crippen LogP contribution in [-0.4, -0.2) is 14.5 Å². The Hall–Kier alpha value is -1.84. The second-order valence-electron chi connectivity index (χ2n) is 8.26. The third-order valence-electron chi connectivity index (χ3n) is 6.52. The third-order valence-corrected chi connectivity index (χ3v) is 6.75. The number of aliphatic hydroxyl groups is 1. The molecule has 0 aliphatic heterocycles. The van der Waals surface area contributed by atoms with Crippen LogP contribution in [0.4, 0.5) is 0 Å². The fourth-order valence-corrected chi connectivity index (χ4v) is 5.07. The van der Waals surface area contributed by atoms with Gasteiger partial charge in [0.1, 0.15) is 0 Å².